The van der Waals surface area contributed by atoms with Crippen molar-refractivity contribution in [1.82, 2.24) is 14.7 Å². The molecule has 0 unspecified atom stereocenters. The first kappa shape index (κ1) is 27.9. The average molecular weight is 578 g/mol. The molecule has 1 fully saturated rings. The Morgan fingerprint density at radius 3 is 2.48 bits per heavy atom. The van der Waals surface area contributed by atoms with Crippen LogP contribution in [-0.4, -0.2) is 34.9 Å². The molecule has 0 bridgehead atoms. The summed E-state index contributed by atoms with van der Waals surface area (Å²) >= 11 is 6.10. The van der Waals surface area contributed by atoms with Gasteiger partial charge < -0.3 is 19.5 Å². The van der Waals surface area contributed by atoms with Gasteiger partial charge in [0.25, 0.3) is 5.91 Å². The number of benzene rings is 2. The topological polar surface area (TPSA) is 74.1 Å². The molecule has 1 N–H and O–H groups in total. The summed E-state index contributed by atoms with van der Waals surface area (Å²) in [5.41, 5.74) is 3.06. The van der Waals surface area contributed by atoms with Gasteiger partial charge in [0.05, 0.1) is 23.9 Å². The lowest BCUT2D eigenvalue weighted by molar-refractivity contribution is -0.274. The first-order chi connectivity index (χ1) is 19.1. The van der Waals surface area contributed by atoms with Crippen molar-refractivity contribution in [2.75, 3.05) is 13.2 Å². The van der Waals surface area contributed by atoms with Crippen LogP contribution >= 0.6 is 11.6 Å². The third-order valence-corrected chi connectivity index (χ3v) is 6.68. The zero-order valence-corrected chi connectivity index (χ0v) is 21.9. The van der Waals surface area contributed by atoms with Crippen LogP contribution in [0.2, 0.25) is 5.02 Å². The average Bonchev–Trinajstić information content (AvgIpc) is 3.29. The van der Waals surface area contributed by atoms with Crippen molar-refractivity contribution >= 4 is 23.2 Å². The van der Waals surface area contributed by atoms with Crippen molar-refractivity contribution in [3.63, 3.8) is 0 Å². The molecule has 40 heavy (non-hydrogen) atoms. The first-order valence-electron chi connectivity index (χ1n) is 12.4. The summed E-state index contributed by atoms with van der Waals surface area (Å²) in [6, 6.07) is 13.4. The molecule has 0 saturated carbocycles. The maximum absolute atomic E-state index is 15.0. The van der Waals surface area contributed by atoms with Crippen molar-refractivity contribution in [1.29, 1.82) is 0 Å². The maximum atomic E-state index is 15.0. The highest BCUT2D eigenvalue weighted by atomic mass is 35.5. The standard InChI is InChI=1S/C28H24ClF4N3O4/c1-2-22-26(36-13-18(29)6-10-25(36)35-22)27(37)34-12-16-3-9-20(21(30)11-16)24-15-38-23(14-39-24)17-4-7-19(8-5-17)40-28(31,32)33/h3-11,13,23-24H,2,12,14-15H2,1H3,(H,34,37)/t23-,24+/m1/s1. The first-order valence-corrected chi connectivity index (χ1v) is 12.8. The van der Waals surface area contributed by atoms with E-state index in [2.05, 4.69) is 15.0 Å². The van der Waals surface area contributed by atoms with Gasteiger partial charge in [0.15, 0.2) is 0 Å². The molecule has 1 aliphatic rings. The largest absolute Gasteiger partial charge is 0.573 e. The van der Waals surface area contributed by atoms with Crippen LogP contribution in [0.15, 0.2) is 60.8 Å². The fourth-order valence-corrected chi connectivity index (χ4v) is 4.68. The smallest absolute Gasteiger partial charge is 0.406 e. The van der Waals surface area contributed by atoms with E-state index >= 15 is 4.39 Å². The molecule has 0 radical (unpaired) electrons. The number of aromatic nitrogens is 2. The van der Waals surface area contributed by atoms with E-state index in [-0.39, 0.29) is 31.4 Å². The summed E-state index contributed by atoms with van der Waals surface area (Å²) in [7, 11) is 0. The molecule has 1 aliphatic heterocycles. The van der Waals surface area contributed by atoms with Crippen molar-refractivity contribution in [2.24, 2.45) is 0 Å². The molecule has 0 aliphatic carbocycles. The molecule has 1 saturated heterocycles. The quantitative estimate of drug-likeness (QED) is 0.259. The van der Waals surface area contributed by atoms with Crippen LogP contribution in [0, 0.1) is 5.82 Å². The van der Waals surface area contributed by atoms with E-state index in [0.29, 0.717) is 45.2 Å². The Balaban J connectivity index is 1.19. The lowest BCUT2D eigenvalue weighted by atomic mass is 10.0. The van der Waals surface area contributed by atoms with E-state index in [9.17, 15) is 18.0 Å². The predicted molar refractivity (Wildman–Crippen MR) is 138 cm³/mol. The van der Waals surface area contributed by atoms with E-state index in [1.807, 2.05) is 6.92 Å². The number of carbonyl (C=O) groups is 1. The van der Waals surface area contributed by atoms with Crippen molar-refractivity contribution in [2.45, 2.75) is 38.5 Å². The Kier molecular flexibility index (Phi) is 7.97. The van der Waals surface area contributed by atoms with Crippen LogP contribution in [0.4, 0.5) is 17.6 Å². The van der Waals surface area contributed by atoms with Crippen molar-refractivity contribution in [3.05, 3.63) is 99.7 Å². The van der Waals surface area contributed by atoms with Gasteiger partial charge in [-0.1, -0.05) is 42.8 Å². The molecule has 210 valence electrons. The van der Waals surface area contributed by atoms with Gasteiger partial charge in [0.2, 0.25) is 0 Å². The second-order valence-electron chi connectivity index (χ2n) is 9.14. The lowest BCUT2D eigenvalue weighted by Gasteiger charge is -2.30. The van der Waals surface area contributed by atoms with E-state index in [0.717, 1.165) is 0 Å². The van der Waals surface area contributed by atoms with Gasteiger partial charge in [-0.3, -0.25) is 9.20 Å². The SMILES string of the molecule is CCc1nc2ccc(Cl)cn2c1C(=O)NCc1ccc([C@@H]2CO[C@@H](c3ccc(OC(F)(F)F)cc3)CO2)c(F)c1. The number of aryl methyl sites for hydroxylation is 1. The van der Waals surface area contributed by atoms with Crippen LogP contribution in [0.1, 0.15) is 52.0 Å². The van der Waals surface area contributed by atoms with Gasteiger partial charge in [0, 0.05) is 18.3 Å². The molecule has 1 amide bonds. The number of fused-ring (bicyclic) bond motifs is 1. The minimum atomic E-state index is -4.77. The molecule has 7 nitrogen and oxygen atoms in total. The summed E-state index contributed by atoms with van der Waals surface area (Å²) in [6.45, 7) is 2.13. The van der Waals surface area contributed by atoms with Gasteiger partial charge >= 0.3 is 6.36 Å². The minimum Gasteiger partial charge on any atom is -0.406 e. The Morgan fingerprint density at radius 1 is 1.10 bits per heavy atom. The normalized spacial score (nSPS) is 17.6. The number of hydrogen-bond donors (Lipinski definition) is 1. The number of halogens is 5. The third kappa shape index (κ3) is 6.22. The Labute approximate surface area is 231 Å². The highest BCUT2D eigenvalue weighted by molar-refractivity contribution is 6.30. The van der Waals surface area contributed by atoms with Crippen molar-refractivity contribution < 1.29 is 36.6 Å². The number of pyridine rings is 1. The summed E-state index contributed by atoms with van der Waals surface area (Å²) in [4.78, 5) is 17.5. The Hall–Kier alpha value is -3.67. The number of ether oxygens (including phenoxy) is 3. The molecule has 2 aromatic heterocycles. The zero-order valence-electron chi connectivity index (χ0n) is 21.2. The minimum absolute atomic E-state index is 0.0507. The molecule has 5 rings (SSSR count). The van der Waals surface area contributed by atoms with Gasteiger partial charge in [-0.2, -0.15) is 0 Å². The second-order valence-corrected chi connectivity index (χ2v) is 9.57. The van der Waals surface area contributed by atoms with Crippen LogP contribution in [0.5, 0.6) is 5.75 Å². The number of alkyl halides is 3. The van der Waals surface area contributed by atoms with E-state index in [4.69, 9.17) is 21.1 Å². The Bertz CT molecular complexity index is 1520. The number of hydrogen-bond acceptors (Lipinski definition) is 5. The molecule has 2 aromatic carbocycles. The maximum Gasteiger partial charge on any atom is 0.573 e. The summed E-state index contributed by atoms with van der Waals surface area (Å²) < 4.78 is 69.3. The van der Waals surface area contributed by atoms with Gasteiger partial charge in [-0.05, 0) is 47.9 Å². The monoisotopic (exact) mass is 577 g/mol. The predicted octanol–water partition coefficient (Wildman–Crippen LogP) is 6.35. The number of rotatable bonds is 7. The lowest BCUT2D eigenvalue weighted by Crippen LogP contribution is -2.27. The molecule has 0 spiro atoms. The Morgan fingerprint density at radius 2 is 1.82 bits per heavy atom. The van der Waals surface area contributed by atoms with Crippen molar-refractivity contribution in [3.8, 4) is 5.75 Å². The number of imidazole rings is 1. The zero-order chi connectivity index (χ0) is 28.4. The van der Waals surface area contributed by atoms with Gasteiger partial charge in [-0.15, -0.1) is 13.2 Å². The fraction of sp³-hybridized carbons (Fsp3) is 0.286. The third-order valence-electron chi connectivity index (χ3n) is 6.45. The van der Waals surface area contributed by atoms with E-state index < -0.39 is 24.4 Å². The number of carbonyl (C=O) groups excluding carboxylic acids is 1. The molecule has 12 heteroatoms. The molecule has 2 atom stereocenters. The molecular formula is C28H24ClF4N3O4. The van der Waals surface area contributed by atoms with E-state index in [1.165, 1.54) is 30.3 Å². The summed E-state index contributed by atoms with van der Waals surface area (Å²) in [6.07, 6.45) is -3.78. The van der Waals surface area contributed by atoms with Crippen LogP contribution in [-0.2, 0) is 22.4 Å². The highest BCUT2D eigenvalue weighted by Gasteiger charge is 2.31. The van der Waals surface area contributed by atoms with Gasteiger partial charge in [0.1, 0.15) is 35.1 Å². The van der Waals surface area contributed by atoms with E-state index in [1.54, 1.807) is 34.9 Å². The highest BCUT2D eigenvalue weighted by Crippen LogP contribution is 2.32. The number of nitrogens with one attached hydrogen (secondary N) is 1. The van der Waals surface area contributed by atoms with Crippen LogP contribution < -0.4 is 10.1 Å². The number of nitrogens with zero attached hydrogens (tertiary/aromatic N) is 2. The van der Waals surface area contributed by atoms with Crippen LogP contribution in [0.25, 0.3) is 5.65 Å². The summed E-state index contributed by atoms with van der Waals surface area (Å²) in [5, 5.41) is 3.28. The van der Waals surface area contributed by atoms with Crippen LogP contribution in [0.3, 0.4) is 0 Å². The van der Waals surface area contributed by atoms with Gasteiger partial charge in [-0.25, -0.2) is 9.37 Å². The molecule has 3 heterocycles. The second kappa shape index (κ2) is 11.4. The number of amides is 1. The summed E-state index contributed by atoms with van der Waals surface area (Å²) in [5.74, 6) is -1.20. The molecule has 4 aromatic rings. The fourth-order valence-electron chi connectivity index (χ4n) is 4.52. The molecular weight excluding hydrogens is 554 g/mol.